The van der Waals surface area contributed by atoms with Gasteiger partial charge in [0.2, 0.25) is 0 Å². The van der Waals surface area contributed by atoms with E-state index >= 15 is 0 Å². The van der Waals surface area contributed by atoms with Gasteiger partial charge in [-0.1, -0.05) is 0 Å². The second-order valence-electron chi connectivity index (χ2n) is 5.09. The molecule has 9 nitrogen and oxygen atoms in total. The SMILES string of the molecule is CC(=O)c1cc(S(=O)(=O)NC(=O)c2cc(C(=O)O)ccn2)ccc1B=O. The molecule has 0 unspecified atom stereocenters. The first-order chi connectivity index (χ1) is 12.2. The Kier molecular flexibility index (Phi) is 5.41. The summed E-state index contributed by atoms with van der Waals surface area (Å²) >= 11 is 0. The first kappa shape index (κ1) is 19.1. The molecular weight excluding hydrogens is 363 g/mol. The molecule has 1 heterocycles. The number of pyridine rings is 1. The maximum atomic E-state index is 12.3. The van der Waals surface area contributed by atoms with Crippen LogP contribution in [0.2, 0.25) is 0 Å². The van der Waals surface area contributed by atoms with Crippen molar-refractivity contribution in [2.45, 2.75) is 11.8 Å². The van der Waals surface area contributed by atoms with Crippen molar-refractivity contribution in [1.29, 1.82) is 0 Å². The molecule has 1 amide bonds. The summed E-state index contributed by atoms with van der Waals surface area (Å²) in [6.45, 7) is 1.17. The molecule has 0 atom stereocenters. The molecule has 132 valence electrons. The van der Waals surface area contributed by atoms with Gasteiger partial charge in [-0.25, -0.2) is 0 Å². The summed E-state index contributed by atoms with van der Waals surface area (Å²) in [5, 5.41) is 8.90. The van der Waals surface area contributed by atoms with Crippen molar-refractivity contribution in [2.24, 2.45) is 0 Å². The van der Waals surface area contributed by atoms with Gasteiger partial charge in [-0.05, 0) is 0 Å². The van der Waals surface area contributed by atoms with E-state index in [1.54, 1.807) is 4.72 Å². The Morgan fingerprint density at radius 1 is 1.15 bits per heavy atom. The fourth-order valence-electron chi connectivity index (χ4n) is 2.03. The number of hydrogen-bond donors (Lipinski definition) is 2. The zero-order valence-corrected chi connectivity index (χ0v) is 14.1. The number of amides is 1. The van der Waals surface area contributed by atoms with Gasteiger partial charge in [0.15, 0.2) is 0 Å². The number of nitrogens with one attached hydrogen (secondary N) is 1. The Bertz CT molecular complexity index is 1030. The van der Waals surface area contributed by atoms with Crippen LogP contribution in [0.15, 0.2) is 41.4 Å². The predicted molar refractivity (Wildman–Crippen MR) is 88.4 cm³/mol. The number of aromatic nitrogens is 1. The van der Waals surface area contributed by atoms with Gasteiger partial charge in [0.25, 0.3) is 0 Å². The van der Waals surface area contributed by atoms with E-state index in [2.05, 4.69) is 4.98 Å². The summed E-state index contributed by atoms with van der Waals surface area (Å²) in [6, 6.07) is 5.25. The summed E-state index contributed by atoms with van der Waals surface area (Å²) in [7, 11) is -3.97. The molecule has 2 N–H and O–H groups in total. The number of hydrogen-bond acceptors (Lipinski definition) is 7. The molecule has 11 heteroatoms. The molecule has 0 saturated heterocycles. The third-order valence-electron chi connectivity index (χ3n) is 3.31. The normalized spacial score (nSPS) is 10.7. The Balaban J connectivity index is 2.37. The van der Waals surface area contributed by atoms with Crippen molar-refractivity contribution in [3.05, 3.63) is 53.3 Å². The number of ketones is 1. The van der Waals surface area contributed by atoms with Crippen LogP contribution in [-0.2, 0) is 14.7 Å². The summed E-state index contributed by atoms with van der Waals surface area (Å²) < 4.78 is 37.3. The second-order valence-corrected chi connectivity index (χ2v) is 6.78. The van der Waals surface area contributed by atoms with Crippen molar-refractivity contribution < 1.29 is 32.6 Å². The van der Waals surface area contributed by atoms with Crippen LogP contribution < -0.4 is 10.2 Å². The molecule has 2 rings (SSSR count). The molecule has 0 bridgehead atoms. The molecule has 0 radical (unpaired) electrons. The predicted octanol–water partition coefficient (Wildman–Crippen LogP) is -0.224. The van der Waals surface area contributed by atoms with Gasteiger partial charge in [0.1, 0.15) is 0 Å². The van der Waals surface area contributed by atoms with Gasteiger partial charge < -0.3 is 0 Å². The van der Waals surface area contributed by atoms with Crippen molar-refractivity contribution >= 4 is 40.3 Å². The van der Waals surface area contributed by atoms with E-state index in [1.165, 1.54) is 6.92 Å². The van der Waals surface area contributed by atoms with Crippen molar-refractivity contribution in [2.75, 3.05) is 0 Å². The van der Waals surface area contributed by atoms with Crippen LogP contribution in [0.5, 0.6) is 0 Å². The van der Waals surface area contributed by atoms with Crippen molar-refractivity contribution in [3.63, 3.8) is 0 Å². The molecule has 0 aliphatic heterocycles. The standard InChI is InChI=1S/C15H11BN2O7S/c1-8(19)11-7-10(2-3-12(11)16-23)26(24,25)18-14(20)13-6-9(15(21)22)4-5-17-13/h2-7H,1H3,(H,18,20)(H,21,22). The van der Waals surface area contributed by atoms with E-state index in [4.69, 9.17) is 5.11 Å². The average Bonchev–Trinajstić information content (AvgIpc) is 2.60. The number of carbonyl (C=O) groups excluding carboxylic acids is 2. The molecule has 0 aliphatic rings. The summed E-state index contributed by atoms with van der Waals surface area (Å²) in [5.74, 6) is -2.97. The topological polar surface area (TPSA) is 148 Å². The van der Waals surface area contributed by atoms with Crippen molar-refractivity contribution in [3.8, 4) is 0 Å². The number of aromatic carboxylic acids is 1. The maximum absolute atomic E-state index is 12.3. The number of carboxylic acids is 1. The third-order valence-corrected chi connectivity index (χ3v) is 4.64. The first-order valence-electron chi connectivity index (χ1n) is 7.02. The Labute approximate surface area is 148 Å². The minimum absolute atomic E-state index is 0.0126. The van der Waals surface area contributed by atoms with Gasteiger partial charge in [0.05, 0.1) is 0 Å². The van der Waals surface area contributed by atoms with E-state index in [0.29, 0.717) is 7.15 Å². The number of carboxylic acid groups (broad SMARTS) is 1. The van der Waals surface area contributed by atoms with Crippen LogP contribution in [0.4, 0.5) is 0 Å². The van der Waals surface area contributed by atoms with Crippen LogP contribution in [0.25, 0.3) is 0 Å². The molecular formula is C15H11BN2O7S. The fourth-order valence-corrected chi connectivity index (χ4v) is 3.02. The van der Waals surface area contributed by atoms with Crippen LogP contribution in [0, 0.1) is 0 Å². The Hall–Kier alpha value is -3.21. The Morgan fingerprint density at radius 2 is 1.85 bits per heavy atom. The zero-order chi connectivity index (χ0) is 19.5. The number of rotatable bonds is 6. The molecule has 0 saturated carbocycles. The number of benzene rings is 1. The number of carbonyl (C=O) groups is 3. The van der Waals surface area contributed by atoms with E-state index < -0.39 is 38.3 Å². The molecule has 2 aromatic rings. The summed E-state index contributed by atoms with van der Waals surface area (Å²) in [6.07, 6.45) is 1.05. The average molecular weight is 374 g/mol. The van der Waals surface area contributed by atoms with Crippen LogP contribution in [0.1, 0.15) is 38.1 Å². The van der Waals surface area contributed by atoms with Gasteiger partial charge in [0, 0.05) is 0 Å². The van der Waals surface area contributed by atoms with Crippen LogP contribution in [0.3, 0.4) is 0 Å². The summed E-state index contributed by atoms with van der Waals surface area (Å²) in [4.78, 5) is 37.8. The molecule has 0 aliphatic carbocycles. The van der Waals surface area contributed by atoms with E-state index in [-0.39, 0.29) is 16.6 Å². The number of nitrogens with zero attached hydrogens (tertiary/aromatic N) is 1. The van der Waals surface area contributed by atoms with Crippen LogP contribution >= 0.6 is 0 Å². The Morgan fingerprint density at radius 3 is 2.42 bits per heavy atom. The first-order valence-corrected chi connectivity index (χ1v) is 8.50. The fraction of sp³-hybridized carbons (Fsp3) is 0.0667. The van der Waals surface area contributed by atoms with Gasteiger partial charge in [-0.15, -0.1) is 0 Å². The van der Waals surface area contributed by atoms with E-state index in [0.717, 1.165) is 36.5 Å². The molecule has 1 aromatic heterocycles. The summed E-state index contributed by atoms with van der Waals surface area (Å²) in [5.41, 5.74) is -0.749. The molecule has 0 fully saturated rings. The molecule has 1 aromatic carbocycles. The zero-order valence-electron chi connectivity index (χ0n) is 13.3. The van der Waals surface area contributed by atoms with E-state index in [1.807, 2.05) is 0 Å². The molecule has 26 heavy (non-hydrogen) atoms. The monoisotopic (exact) mass is 374 g/mol. The third kappa shape index (κ3) is 4.06. The second kappa shape index (κ2) is 7.36. The molecule has 0 spiro atoms. The van der Waals surface area contributed by atoms with E-state index in [9.17, 15) is 27.5 Å². The number of sulfonamides is 1. The quantitative estimate of drug-likeness (QED) is 0.521. The van der Waals surface area contributed by atoms with Crippen LogP contribution in [-0.4, -0.2) is 43.3 Å². The van der Waals surface area contributed by atoms with Gasteiger partial charge >= 0.3 is 148 Å². The minimum atomic E-state index is -4.38. The van der Waals surface area contributed by atoms with Gasteiger partial charge in [-0.3, -0.25) is 0 Å². The number of Topliss-reactive ketones (excluding diaryl/α,β-unsaturated/α-hetero) is 1. The van der Waals surface area contributed by atoms with Gasteiger partial charge in [-0.2, -0.15) is 0 Å². The van der Waals surface area contributed by atoms with Crippen molar-refractivity contribution in [1.82, 2.24) is 9.71 Å².